The molecule has 2 aromatic carbocycles. The Kier molecular flexibility index (Phi) is 7.15. The first-order chi connectivity index (χ1) is 14.9. The van der Waals surface area contributed by atoms with Gasteiger partial charge in [-0.1, -0.05) is 30.9 Å². The number of likely N-dealkylation sites (N-methyl/N-ethyl adjacent to an activating group) is 1. The zero-order valence-corrected chi connectivity index (χ0v) is 18.0. The number of thioether (sulfide) groups is 1. The Morgan fingerprint density at radius 3 is 2.58 bits per heavy atom. The van der Waals surface area contributed by atoms with E-state index in [1.165, 1.54) is 28.8 Å². The quantitative estimate of drug-likeness (QED) is 0.465. The molecule has 7 nitrogen and oxygen atoms in total. The van der Waals surface area contributed by atoms with E-state index >= 15 is 0 Å². The fraction of sp³-hybridized carbons (Fsp3) is 0.174. The minimum atomic E-state index is -1.25. The van der Waals surface area contributed by atoms with Crippen LogP contribution in [-0.2, 0) is 4.79 Å². The molecular weight excluding hydrogens is 416 g/mol. The van der Waals surface area contributed by atoms with Crippen molar-refractivity contribution in [1.82, 2.24) is 4.90 Å². The molecule has 1 aliphatic heterocycles. The van der Waals surface area contributed by atoms with Gasteiger partial charge in [-0.15, -0.1) is 0 Å². The zero-order chi connectivity index (χ0) is 22.4. The predicted octanol–water partition coefficient (Wildman–Crippen LogP) is 3.25. The van der Waals surface area contributed by atoms with E-state index in [1.807, 2.05) is 19.1 Å². The molecule has 160 valence electrons. The molecular formula is C23H21N2O5S-. The van der Waals surface area contributed by atoms with Crippen molar-refractivity contribution in [3.8, 4) is 11.5 Å². The molecule has 0 N–H and O–H groups in total. The number of amidine groups is 1. The van der Waals surface area contributed by atoms with Gasteiger partial charge in [0.1, 0.15) is 6.61 Å². The fourth-order valence-electron chi connectivity index (χ4n) is 2.74. The van der Waals surface area contributed by atoms with Crippen LogP contribution in [0.2, 0.25) is 0 Å². The first-order valence-electron chi connectivity index (χ1n) is 9.51. The van der Waals surface area contributed by atoms with Crippen LogP contribution in [-0.4, -0.2) is 42.2 Å². The van der Waals surface area contributed by atoms with Gasteiger partial charge in [0.05, 0.1) is 23.2 Å². The van der Waals surface area contributed by atoms with Gasteiger partial charge in [0.2, 0.25) is 0 Å². The maximum absolute atomic E-state index is 12.7. The lowest BCUT2D eigenvalue weighted by atomic mass is 10.2. The van der Waals surface area contributed by atoms with Crippen molar-refractivity contribution in [3.63, 3.8) is 0 Å². The Balaban J connectivity index is 1.84. The average Bonchev–Trinajstić information content (AvgIpc) is 3.01. The molecule has 0 bridgehead atoms. The van der Waals surface area contributed by atoms with Crippen molar-refractivity contribution in [2.45, 2.75) is 6.92 Å². The summed E-state index contributed by atoms with van der Waals surface area (Å²) < 4.78 is 11.3. The number of hydrogen-bond acceptors (Lipinski definition) is 7. The lowest BCUT2D eigenvalue weighted by Crippen LogP contribution is -2.23. The van der Waals surface area contributed by atoms with E-state index in [0.717, 1.165) is 5.56 Å². The normalized spacial score (nSPS) is 16.1. The number of amides is 1. The minimum Gasteiger partial charge on any atom is -0.545 e. The maximum Gasteiger partial charge on any atom is 0.266 e. The number of hydrogen-bond donors (Lipinski definition) is 0. The second-order valence-electron chi connectivity index (χ2n) is 6.44. The molecule has 0 atom stereocenters. The van der Waals surface area contributed by atoms with E-state index in [1.54, 1.807) is 37.4 Å². The van der Waals surface area contributed by atoms with Crippen molar-refractivity contribution >= 4 is 40.6 Å². The van der Waals surface area contributed by atoms with Crippen LogP contribution in [0, 0.1) is 0 Å². The number of rotatable bonds is 8. The molecule has 1 fully saturated rings. The Bertz CT molecular complexity index is 1060. The maximum atomic E-state index is 12.7. The van der Waals surface area contributed by atoms with Gasteiger partial charge < -0.3 is 19.4 Å². The zero-order valence-electron chi connectivity index (χ0n) is 17.2. The topological polar surface area (TPSA) is 91.3 Å². The Labute approximate surface area is 184 Å². The lowest BCUT2D eigenvalue weighted by molar-refractivity contribution is -0.255. The third kappa shape index (κ3) is 5.35. The summed E-state index contributed by atoms with van der Waals surface area (Å²) >= 11 is 1.24. The van der Waals surface area contributed by atoms with Crippen LogP contribution in [0.1, 0.15) is 22.8 Å². The summed E-state index contributed by atoms with van der Waals surface area (Å²) in [6, 6.07) is 11.4. The average molecular weight is 437 g/mol. The second kappa shape index (κ2) is 9.99. The number of carbonyl (C=O) groups excluding carboxylic acids is 2. The third-order valence-electron chi connectivity index (χ3n) is 4.25. The molecule has 31 heavy (non-hydrogen) atoms. The highest BCUT2D eigenvalue weighted by atomic mass is 32.2. The number of aromatic carboxylic acids is 1. The Morgan fingerprint density at radius 1 is 1.19 bits per heavy atom. The van der Waals surface area contributed by atoms with Gasteiger partial charge in [0.15, 0.2) is 16.7 Å². The van der Waals surface area contributed by atoms with Crippen molar-refractivity contribution in [3.05, 3.63) is 71.2 Å². The van der Waals surface area contributed by atoms with Gasteiger partial charge in [0.25, 0.3) is 5.91 Å². The molecule has 1 heterocycles. The summed E-state index contributed by atoms with van der Waals surface area (Å²) in [5, 5.41) is 11.4. The highest BCUT2D eigenvalue weighted by Crippen LogP contribution is 2.35. The largest absolute Gasteiger partial charge is 0.545 e. The van der Waals surface area contributed by atoms with Crippen molar-refractivity contribution in [2.24, 2.45) is 4.99 Å². The predicted molar refractivity (Wildman–Crippen MR) is 120 cm³/mol. The van der Waals surface area contributed by atoms with Gasteiger partial charge in [-0.05, 0) is 60.2 Å². The van der Waals surface area contributed by atoms with Gasteiger partial charge in [-0.25, -0.2) is 4.99 Å². The molecule has 0 aromatic heterocycles. The van der Waals surface area contributed by atoms with Crippen LogP contribution in [0.15, 0.2) is 65.0 Å². The Morgan fingerprint density at radius 2 is 1.94 bits per heavy atom. The summed E-state index contributed by atoms with van der Waals surface area (Å²) in [5.41, 5.74) is 1.40. The third-order valence-corrected chi connectivity index (χ3v) is 5.31. The SMILES string of the molecule is C=CCOc1ccc(/C=C2\SC(=Nc3ccc(C(=O)[O-])cc3)N(C)C2=O)cc1OCC. The summed E-state index contributed by atoms with van der Waals surface area (Å²) in [4.78, 5) is 30.0. The number of carboxylic acid groups (broad SMARTS) is 1. The fourth-order valence-corrected chi connectivity index (χ4v) is 3.72. The number of ether oxygens (including phenoxy) is 2. The van der Waals surface area contributed by atoms with Crippen LogP contribution in [0.25, 0.3) is 6.08 Å². The molecule has 1 amide bonds. The first-order valence-corrected chi connectivity index (χ1v) is 10.3. The van der Waals surface area contributed by atoms with Gasteiger partial charge in [0, 0.05) is 7.05 Å². The molecule has 1 aliphatic rings. The summed E-state index contributed by atoms with van der Waals surface area (Å²) in [7, 11) is 1.64. The van der Waals surface area contributed by atoms with Crippen LogP contribution in [0.4, 0.5) is 5.69 Å². The number of benzene rings is 2. The molecule has 3 rings (SSSR count). The monoisotopic (exact) mass is 437 g/mol. The molecule has 0 aliphatic carbocycles. The van der Waals surface area contributed by atoms with Crippen LogP contribution < -0.4 is 14.6 Å². The smallest absolute Gasteiger partial charge is 0.266 e. The number of carbonyl (C=O) groups is 2. The molecule has 0 spiro atoms. The van der Waals surface area contributed by atoms with Crippen molar-refractivity contribution in [2.75, 3.05) is 20.3 Å². The highest BCUT2D eigenvalue weighted by Gasteiger charge is 2.30. The standard InChI is InChI=1S/C23H22N2O5S/c1-4-12-30-18-11-6-15(13-19(18)29-5-2)14-20-21(26)25(3)23(31-20)24-17-9-7-16(8-10-17)22(27)28/h4,6-11,13-14H,1,5,12H2,2-3H3,(H,27,28)/p-1/b20-14-,24-23?. The van der Waals surface area contributed by atoms with Gasteiger partial charge in [-0.3, -0.25) is 9.69 Å². The van der Waals surface area contributed by atoms with E-state index in [-0.39, 0.29) is 11.5 Å². The van der Waals surface area contributed by atoms with Crippen molar-refractivity contribution < 1.29 is 24.2 Å². The molecule has 8 heteroatoms. The Hall–Kier alpha value is -3.52. The first kappa shape index (κ1) is 22.2. The number of carboxylic acids is 1. The van der Waals surface area contributed by atoms with Crippen LogP contribution in [0.3, 0.4) is 0 Å². The minimum absolute atomic E-state index is 0.0682. The molecule has 0 unspecified atom stereocenters. The van der Waals surface area contributed by atoms with E-state index in [4.69, 9.17) is 9.47 Å². The molecule has 0 saturated carbocycles. The molecule has 0 radical (unpaired) electrons. The molecule has 2 aromatic rings. The number of nitrogens with zero attached hydrogens (tertiary/aromatic N) is 2. The summed E-state index contributed by atoms with van der Waals surface area (Å²) in [6.07, 6.45) is 3.42. The van der Waals surface area contributed by atoms with Crippen LogP contribution >= 0.6 is 11.8 Å². The summed E-state index contributed by atoms with van der Waals surface area (Å²) in [6.45, 7) is 6.37. The molecule has 1 saturated heterocycles. The van der Waals surface area contributed by atoms with E-state index in [0.29, 0.717) is 40.5 Å². The highest BCUT2D eigenvalue weighted by molar-refractivity contribution is 8.18. The summed E-state index contributed by atoms with van der Waals surface area (Å²) in [5.74, 6) is -0.238. The van der Waals surface area contributed by atoms with Crippen molar-refractivity contribution in [1.29, 1.82) is 0 Å². The van der Waals surface area contributed by atoms with Crippen LogP contribution in [0.5, 0.6) is 11.5 Å². The van der Waals surface area contributed by atoms with E-state index in [2.05, 4.69) is 11.6 Å². The van der Waals surface area contributed by atoms with Gasteiger partial charge >= 0.3 is 0 Å². The van der Waals surface area contributed by atoms with E-state index < -0.39 is 5.97 Å². The lowest BCUT2D eigenvalue weighted by Gasteiger charge is -2.11. The van der Waals surface area contributed by atoms with E-state index in [9.17, 15) is 14.7 Å². The second-order valence-corrected chi connectivity index (χ2v) is 7.45. The van der Waals surface area contributed by atoms with Gasteiger partial charge in [-0.2, -0.15) is 0 Å². The number of aliphatic imine (C=N–C) groups is 1.